The quantitative estimate of drug-likeness (QED) is 0.863. The van der Waals surface area contributed by atoms with Gasteiger partial charge in [-0.05, 0) is 18.7 Å². The summed E-state index contributed by atoms with van der Waals surface area (Å²) in [6, 6.07) is 6.96. The van der Waals surface area contributed by atoms with Crippen LogP contribution in [0.15, 0.2) is 34.9 Å². The second kappa shape index (κ2) is 7.49. The molecule has 0 radical (unpaired) electrons. The average molecular weight is 369 g/mol. The van der Waals surface area contributed by atoms with Gasteiger partial charge in [0.15, 0.2) is 0 Å². The van der Waals surface area contributed by atoms with Gasteiger partial charge in [0, 0.05) is 18.0 Å². The van der Waals surface area contributed by atoms with Gasteiger partial charge >= 0.3 is 6.18 Å². The van der Waals surface area contributed by atoms with Crippen LogP contribution in [-0.4, -0.2) is 29.6 Å². The summed E-state index contributed by atoms with van der Waals surface area (Å²) in [5, 5.41) is 6.46. The van der Waals surface area contributed by atoms with E-state index in [0.717, 1.165) is 6.07 Å². The van der Waals surface area contributed by atoms with Crippen molar-refractivity contribution in [3.05, 3.63) is 47.2 Å². The zero-order valence-electron chi connectivity index (χ0n) is 15.1. The minimum Gasteiger partial charge on any atom is -0.338 e. The molecule has 0 saturated heterocycles. The maximum absolute atomic E-state index is 13.0. The van der Waals surface area contributed by atoms with Crippen LogP contribution in [-0.2, 0) is 22.9 Å². The highest BCUT2D eigenvalue weighted by Gasteiger charge is 2.33. The third-order valence-electron chi connectivity index (χ3n) is 3.72. The molecule has 0 aliphatic rings. The first kappa shape index (κ1) is 20.0. The van der Waals surface area contributed by atoms with Crippen LogP contribution in [0.2, 0.25) is 0 Å². The second-order valence-corrected chi connectivity index (χ2v) is 7.20. The molecule has 2 rings (SSSR count). The highest BCUT2D eigenvalue weighted by atomic mass is 19.4. The van der Waals surface area contributed by atoms with Crippen LogP contribution in [0.4, 0.5) is 19.1 Å². The number of likely N-dealkylation sites (N-methyl/N-ethyl adjacent to an activating group) is 1. The molecule has 0 aliphatic heterocycles. The van der Waals surface area contributed by atoms with Crippen LogP contribution < -0.4 is 5.32 Å². The lowest BCUT2D eigenvalue weighted by Crippen LogP contribution is -2.30. The van der Waals surface area contributed by atoms with Gasteiger partial charge in [-0.25, -0.2) is 0 Å². The van der Waals surface area contributed by atoms with E-state index in [1.165, 1.54) is 17.0 Å². The largest absolute Gasteiger partial charge is 0.416 e. The van der Waals surface area contributed by atoms with Gasteiger partial charge in [0.25, 0.3) is 0 Å². The Labute approximate surface area is 150 Å². The topological polar surface area (TPSA) is 58.4 Å². The standard InChI is InChI=1S/C18H22F3N3O2/c1-17(2,3)14-9-16(26-23-14)22-15(25)11-24(4)10-12-7-5-6-8-13(12)18(19,20)21/h5-9H,10-11H2,1-4H3,(H,22,25). The Balaban J connectivity index is 1.97. The summed E-state index contributed by atoms with van der Waals surface area (Å²) < 4.78 is 44.2. The number of nitrogens with zero attached hydrogens (tertiary/aromatic N) is 2. The third kappa shape index (κ3) is 5.32. The number of nitrogens with one attached hydrogen (secondary N) is 1. The van der Waals surface area contributed by atoms with Crippen molar-refractivity contribution in [2.45, 2.75) is 38.9 Å². The first-order chi connectivity index (χ1) is 12.0. The molecule has 2 aromatic rings. The van der Waals surface area contributed by atoms with E-state index in [2.05, 4.69) is 10.5 Å². The molecule has 0 saturated carbocycles. The van der Waals surface area contributed by atoms with Gasteiger partial charge in [-0.2, -0.15) is 13.2 Å². The van der Waals surface area contributed by atoms with Crippen molar-refractivity contribution in [3.8, 4) is 0 Å². The molecule has 1 aromatic carbocycles. The van der Waals surface area contributed by atoms with E-state index < -0.39 is 17.6 Å². The smallest absolute Gasteiger partial charge is 0.338 e. The van der Waals surface area contributed by atoms with Crippen molar-refractivity contribution >= 4 is 11.8 Å². The molecule has 26 heavy (non-hydrogen) atoms. The van der Waals surface area contributed by atoms with Gasteiger partial charge < -0.3 is 4.52 Å². The van der Waals surface area contributed by atoms with E-state index in [9.17, 15) is 18.0 Å². The summed E-state index contributed by atoms with van der Waals surface area (Å²) in [4.78, 5) is 13.6. The molecule has 0 fully saturated rings. The lowest BCUT2D eigenvalue weighted by molar-refractivity contribution is -0.138. The van der Waals surface area contributed by atoms with Gasteiger partial charge in [-0.3, -0.25) is 15.0 Å². The molecule has 1 heterocycles. The Morgan fingerprint density at radius 1 is 1.23 bits per heavy atom. The molecule has 0 unspecified atom stereocenters. The predicted molar refractivity (Wildman–Crippen MR) is 91.6 cm³/mol. The molecule has 0 bridgehead atoms. The van der Waals surface area contributed by atoms with Crippen LogP contribution >= 0.6 is 0 Å². The van der Waals surface area contributed by atoms with E-state index in [4.69, 9.17) is 4.52 Å². The van der Waals surface area contributed by atoms with Crippen LogP contribution in [0.3, 0.4) is 0 Å². The zero-order valence-corrected chi connectivity index (χ0v) is 15.1. The molecule has 0 spiro atoms. The maximum Gasteiger partial charge on any atom is 0.416 e. The SMILES string of the molecule is CN(CC(=O)Nc1cc(C(C)(C)C)no1)Cc1ccccc1C(F)(F)F. The molecule has 1 amide bonds. The van der Waals surface area contributed by atoms with Crippen molar-refractivity contribution in [2.24, 2.45) is 0 Å². The Morgan fingerprint density at radius 3 is 2.46 bits per heavy atom. The fourth-order valence-corrected chi connectivity index (χ4v) is 2.39. The Kier molecular flexibility index (Phi) is 5.75. The van der Waals surface area contributed by atoms with Crippen molar-refractivity contribution in [2.75, 3.05) is 18.9 Å². The number of carbonyl (C=O) groups is 1. The number of hydrogen-bond donors (Lipinski definition) is 1. The molecule has 5 nitrogen and oxygen atoms in total. The number of aromatic nitrogens is 1. The lowest BCUT2D eigenvalue weighted by Gasteiger charge is -2.19. The first-order valence-corrected chi connectivity index (χ1v) is 8.07. The normalized spacial score (nSPS) is 12.5. The molecule has 1 N–H and O–H groups in total. The summed E-state index contributed by atoms with van der Waals surface area (Å²) in [7, 11) is 1.58. The van der Waals surface area contributed by atoms with E-state index in [-0.39, 0.29) is 30.0 Å². The van der Waals surface area contributed by atoms with Gasteiger partial charge in [-0.15, -0.1) is 0 Å². The Bertz CT molecular complexity index is 764. The molecular formula is C18H22F3N3O2. The zero-order chi connectivity index (χ0) is 19.5. The number of alkyl halides is 3. The van der Waals surface area contributed by atoms with Crippen LogP contribution in [0.25, 0.3) is 0 Å². The van der Waals surface area contributed by atoms with Crippen molar-refractivity contribution in [1.29, 1.82) is 0 Å². The highest BCUT2D eigenvalue weighted by molar-refractivity contribution is 5.90. The Hall–Kier alpha value is -2.35. The number of halogens is 3. The summed E-state index contributed by atoms with van der Waals surface area (Å²) in [6.45, 7) is 5.79. The van der Waals surface area contributed by atoms with Gasteiger partial charge in [0.05, 0.1) is 17.8 Å². The summed E-state index contributed by atoms with van der Waals surface area (Å²) in [6.07, 6.45) is -4.43. The summed E-state index contributed by atoms with van der Waals surface area (Å²) >= 11 is 0. The number of rotatable bonds is 5. The van der Waals surface area contributed by atoms with Crippen LogP contribution in [0.1, 0.15) is 37.6 Å². The monoisotopic (exact) mass is 369 g/mol. The maximum atomic E-state index is 13.0. The number of amides is 1. The van der Waals surface area contributed by atoms with Gasteiger partial charge in [0.1, 0.15) is 0 Å². The molecule has 0 atom stereocenters. The third-order valence-corrected chi connectivity index (χ3v) is 3.72. The van der Waals surface area contributed by atoms with E-state index in [1.54, 1.807) is 19.2 Å². The van der Waals surface area contributed by atoms with E-state index in [0.29, 0.717) is 5.69 Å². The van der Waals surface area contributed by atoms with Gasteiger partial charge in [0.2, 0.25) is 11.8 Å². The predicted octanol–water partition coefficient (Wildman–Crippen LogP) is 4.06. The van der Waals surface area contributed by atoms with Gasteiger partial charge in [-0.1, -0.05) is 44.1 Å². The minimum absolute atomic E-state index is 0.00719. The number of hydrogen-bond acceptors (Lipinski definition) is 4. The lowest BCUT2D eigenvalue weighted by atomic mass is 9.92. The molecule has 1 aromatic heterocycles. The van der Waals surface area contributed by atoms with Crippen molar-refractivity contribution in [1.82, 2.24) is 10.1 Å². The summed E-state index contributed by atoms with van der Waals surface area (Å²) in [5.74, 6) is -0.183. The van der Waals surface area contributed by atoms with Crippen LogP contribution in [0, 0.1) is 0 Å². The summed E-state index contributed by atoms with van der Waals surface area (Å²) in [5.41, 5.74) is -0.104. The second-order valence-electron chi connectivity index (χ2n) is 7.20. The number of carbonyl (C=O) groups excluding carboxylic acids is 1. The van der Waals surface area contributed by atoms with E-state index >= 15 is 0 Å². The Morgan fingerprint density at radius 2 is 1.88 bits per heavy atom. The molecule has 0 aliphatic carbocycles. The highest BCUT2D eigenvalue weighted by Crippen LogP contribution is 2.32. The molecular weight excluding hydrogens is 347 g/mol. The van der Waals surface area contributed by atoms with E-state index in [1.807, 2.05) is 20.8 Å². The minimum atomic E-state index is -4.43. The molecule has 8 heteroatoms. The fraction of sp³-hybridized carbons (Fsp3) is 0.444. The number of anilines is 1. The van der Waals surface area contributed by atoms with Crippen molar-refractivity contribution in [3.63, 3.8) is 0 Å². The van der Waals surface area contributed by atoms with Crippen molar-refractivity contribution < 1.29 is 22.5 Å². The number of benzene rings is 1. The first-order valence-electron chi connectivity index (χ1n) is 8.07. The fourth-order valence-electron chi connectivity index (χ4n) is 2.39. The van der Waals surface area contributed by atoms with Crippen LogP contribution in [0.5, 0.6) is 0 Å². The molecule has 142 valence electrons. The average Bonchev–Trinajstić information content (AvgIpc) is 2.94.